The Balaban J connectivity index is 1.86. The van der Waals surface area contributed by atoms with Crippen LogP contribution in [0.3, 0.4) is 0 Å². The van der Waals surface area contributed by atoms with Crippen LogP contribution < -0.4 is 5.32 Å². The van der Waals surface area contributed by atoms with Crippen LogP contribution >= 0.6 is 0 Å². The molecule has 0 spiro atoms. The molecule has 2 aliphatic rings. The van der Waals surface area contributed by atoms with Gasteiger partial charge in [-0.2, -0.15) is 0 Å². The number of hydrogen-bond acceptors (Lipinski definition) is 1. The maximum Gasteiger partial charge on any atom is 0.00684 e. The minimum Gasteiger partial charge on any atom is -0.313 e. The number of rotatable bonds is 6. The molecule has 0 radical (unpaired) electrons. The third-order valence-corrected chi connectivity index (χ3v) is 4.74. The quantitative estimate of drug-likeness (QED) is 0.714. The molecule has 2 fully saturated rings. The van der Waals surface area contributed by atoms with Gasteiger partial charge in [0, 0.05) is 12.6 Å². The monoisotopic (exact) mass is 223 g/mol. The van der Waals surface area contributed by atoms with E-state index in [0.29, 0.717) is 5.41 Å². The Morgan fingerprint density at radius 3 is 2.44 bits per heavy atom. The van der Waals surface area contributed by atoms with Gasteiger partial charge < -0.3 is 5.32 Å². The fourth-order valence-corrected chi connectivity index (χ4v) is 3.29. The average Bonchev–Trinajstić information content (AvgIpc) is 3.11. The van der Waals surface area contributed by atoms with Crippen molar-refractivity contribution in [2.45, 2.75) is 77.7 Å². The van der Waals surface area contributed by atoms with Gasteiger partial charge >= 0.3 is 0 Å². The third kappa shape index (κ3) is 3.48. The van der Waals surface area contributed by atoms with Gasteiger partial charge in [-0.05, 0) is 43.4 Å². The first kappa shape index (κ1) is 12.4. The lowest BCUT2D eigenvalue weighted by Crippen LogP contribution is -2.38. The highest BCUT2D eigenvalue weighted by molar-refractivity contribution is 4.90. The second-order valence-electron chi connectivity index (χ2n) is 6.43. The molecule has 94 valence electrons. The van der Waals surface area contributed by atoms with Gasteiger partial charge in [0.05, 0.1) is 0 Å². The van der Waals surface area contributed by atoms with E-state index in [4.69, 9.17) is 0 Å². The first-order chi connectivity index (χ1) is 7.74. The van der Waals surface area contributed by atoms with Crippen LogP contribution in [0.1, 0.15) is 71.6 Å². The zero-order chi connectivity index (χ0) is 11.4. The van der Waals surface area contributed by atoms with E-state index in [1.807, 2.05) is 0 Å². The normalized spacial score (nSPS) is 26.6. The third-order valence-electron chi connectivity index (χ3n) is 4.74. The molecule has 0 aliphatic heterocycles. The van der Waals surface area contributed by atoms with Gasteiger partial charge in [-0.3, -0.25) is 0 Å². The number of hydrogen-bond donors (Lipinski definition) is 1. The van der Waals surface area contributed by atoms with Crippen molar-refractivity contribution in [3.05, 3.63) is 0 Å². The summed E-state index contributed by atoms with van der Waals surface area (Å²) in [6.45, 7) is 6.09. The van der Waals surface area contributed by atoms with Crippen molar-refractivity contribution in [1.29, 1.82) is 0 Å². The standard InChI is InChI=1S/C15H29N/c1-3-13(2)11-15(9-5-4-6-10-15)12-16-14-7-8-14/h13-14,16H,3-12H2,1-2H3. The molecule has 2 aliphatic carbocycles. The summed E-state index contributed by atoms with van der Waals surface area (Å²) >= 11 is 0. The summed E-state index contributed by atoms with van der Waals surface area (Å²) in [5, 5.41) is 3.80. The largest absolute Gasteiger partial charge is 0.313 e. The fourth-order valence-electron chi connectivity index (χ4n) is 3.29. The van der Waals surface area contributed by atoms with Crippen molar-refractivity contribution in [1.82, 2.24) is 5.32 Å². The van der Waals surface area contributed by atoms with E-state index >= 15 is 0 Å². The summed E-state index contributed by atoms with van der Waals surface area (Å²) in [7, 11) is 0. The van der Waals surface area contributed by atoms with E-state index in [2.05, 4.69) is 19.2 Å². The lowest BCUT2D eigenvalue weighted by atomic mass is 9.69. The Bertz CT molecular complexity index is 201. The molecule has 0 aromatic carbocycles. The van der Waals surface area contributed by atoms with Gasteiger partial charge in [0.15, 0.2) is 0 Å². The Morgan fingerprint density at radius 1 is 1.19 bits per heavy atom. The predicted molar refractivity (Wildman–Crippen MR) is 70.6 cm³/mol. The summed E-state index contributed by atoms with van der Waals surface area (Å²) in [4.78, 5) is 0. The first-order valence-electron chi connectivity index (χ1n) is 7.47. The molecule has 16 heavy (non-hydrogen) atoms. The summed E-state index contributed by atoms with van der Waals surface area (Å²) in [6, 6.07) is 0.885. The Labute approximate surface area is 101 Å². The maximum absolute atomic E-state index is 3.80. The molecular weight excluding hydrogens is 194 g/mol. The molecule has 1 nitrogen and oxygen atoms in total. The van der Waals surface area contributed by atoms with E-state index in [1.165, 1.54) is 64.3 Å². The van der Waals surface area contributed by atoms with E-state index in [0.717, 1.165) is 12.0 Å². The van der Waals surface area contributed by atoms with E-state index < -0.39 is 0 Å². The predicted octanol–water partition coefficient (Wildman–Crippen LogP) is 4.13. The molecule has 1 atom stereocenters. The zero-order valence-corrected chi connectivity index (χ0v) is 11.2. The summed E-state index contributed by atoms with van der Waals surface area (Å²) in [5.41, 5.74) is 0.663. The smallest absolute Gasteiger partial charge is 0.00684 e. The van der Waals surface area contributed by atoms with Crippen LogP contribution in [-0.4, -0.2) is 12.6 Å². The van der Waals surface area contributed by atoms with Crippen molar-refractivity contribution in [2.24, 2.45) is 11.3 Å². The van der Waals surface area contributed by atoms with Crippen LogP contribution in [0.2, 0.25) is 0 Å². The fraction of sp³-hybridized carbons (Fsp3) is 1.00. The molecule has 1 unspecified atom stereocenters. The van der Waals surface area contributed by atoms with Crippen molar-refractivity contribution < 1.29 is 0 Å². The summed E-state index contributed by atoms with van der Waals surface area (Å²) in [5.74, 6) is 0.916. The minimum atomic E-state index is 0.663. The van der Waals surface area contributed by atoms with Gasteiger partial charge in [-0.15, -0.1) is 0 Å². The van der Waals surface area contributed by atoms with Crippen LogP contribution in [0.5, 0.6) is 0 Å². The lowest BCUT2D eigenvalue weighted by Gasteiger charge is -2.39. The van der Waals surface area contributed by atoms with Crippen LogP contribution in [0.25, 0.3) is 0 Å². The van der Waals surface area contributed by atoms with E-state index in [1.54, 1.807) is 0 Å². The highest BCUT2D eigenvalue weighted by Gasteiger charge is 2.34. The van der Waals surface area contributed by atoms with Gasteiger partial charge in [-0.1, -0.05) is 39.5 Å². The molecule has 1 N–H and O–H groups in total. The van der Waals surface area contributed by atoms with Gasteiger partial charge in [0.2, 0.25) is 0 Å². The van der Waals surface area contributed by atoms with Crippen LogP contribution in [-0.2, 0) is 0 Å². The molecule has 2 rings (SSSR count). The minimum absolute atomic E-state index is 0.663. The van der Waals surface area contributed by atoms with Crippen LogP contribution in [0.4, 0.5) is 0 Å². The average molecular weight is 223 g/mol. The topological polar surface area (TPSA) is 12.0 Å². The molecule has 0 heterocycles. The summed E-state index contributed by atoms with van der Waals surface area (Å²) in [6.07, 6.45) is 13.1. The van der Waals surface area contributed by atoms with Crippen LogP contribution in [0.15, 0.2) is 0 Å². The Morgan fingerprint density at radius 2 is 1.88 bits per heavy atom. The highest BCUT2D eigenvalue weighted by Crippen LogP contribution is 2.42. The SMILES string of the molecule is CCC(C)CC1(CNC2CC2)CCCCC1. The number of nitrogens with one attached hydrogen (secondary N) is 1. The van der Waals surface area contributed by atoms with Crippen molar-refractivity contribution in [3.63, 3.8) is 0 Å². The summed E-state index contributed by atoms with van der Waals surface area (Å²) < 4.78 is 0. The molecule has 0 aromatic rings. The molecular formula is C15H29N. The molecule has 2 saturated carbocycles. The Hall–Kier alpha value is -0.0400. The van der Waals surface area contributed by atoms with Crippen molar-refractivity contribution in [3.8, 4) is 0 Å². The second kappa shape index (κ2) is 5.53. The van der Waals surface area contributed by atoms with E-state index in [-0.39, 0.29) is 0 Å². The van der Waals surface area contributed by atoms with Gasteiger partial charge in [0.25, 0.3) is 0 Å². The molecule has 0 amide bonds. The van der Waals surface area contributed by atoms with Gasteiger partial charge in [-0.25, -0.2) is 0 Å². The first-order valence-corrected chi connectivity index (χ1v) is 7.47. The molecule has 1 heteroatoms. The Kier molecular flexibility index (Phi) is 4.29. The molecule has 0 saturated heterocycles. The zero-order valence-electron chi connectivity index (χ0n) is 11.2. The lowest BCUT2D eigenvalue weighted by molar-refractivity contribution is 0.139. The van der Waals surface area contributed by atoms with E-state index in [9.17, 15) is 0 Å². The molecule has 0 aromatic heterocycles. The highest BCUT2D eigenvalue weighted by atomic mass is 15.0. The maximum atomic E-state index is 3.80. The van der Waals surface area contributed by atoms with Crippen LogP contribution in [0, 0.1) is 11.3 Å². The van der Waals surface area contributed by atoms with Crippen molar-refractivity contribution >= 4 is 0 Å². The second-order valence-corrected chi connectivity index (χ2v) is 6.43. The van der Waals surface area contributed by atoms with Crippen molar-refractivity contribution in [2.75, 3.05) is 6.54 Å². The van der Waals surface area contributed by atoms with Gasteiger partial charge in [0.1, 0.15) is 0 Å². The molecule has 0 bridgehead atoms.